The smallest absolute Gasteiger partial charge is 0.324 e. The highest BCUT2D eigenvalue weighted by molar-refractivity contribution is 8.00. The molecule has 0 aliphatic rings. The van der Waals surface area contributed by atoms with Gasteiger partial charge in [0.2, 0.25) is 5.91 Å². The Morgan fingerprint density at radius 2 is 1.60 bits per heavy atom. The van der Waals surface area contributed by atoms with Gasteiger partial charge in [-0.3, -0.25) is 14.9 Å². The topological polar surface area (TPSA) is 72.2 Å². The van der Waals surface area contributed by atoms with Gasteiger partial charge < -0.3 is 5.32 Å². The van der Waals surface area contributed by atoms with E-state index in [1.165, 1.54) is 24.3 Å². The van der Waals surface area contributed by atoms with Crippen molar-refractivity contribution in [3.8, 4) is 0 Å². The molecule has 0 saturated heterocycles. The number of thioether (sulfide) groups is 3. The second-order valence-electron chi connectivity index (χ2n) is 5.32. The molecule has 0 unspecified atom stereocenters. The lowest BCUT2D eigenvalue weighted by Gasteiger charge is -2.12. The van der Waals surface area contributed by atoms with E-state index in [0.29, 0.717) is 11.8 Å². The lowest BCUT2D eigenvalue weighted by Crippen LogP contribution is -2.15. The molecule has 0 saturated carbocycles. The van der Waals surface area contributed by atoms with Gasteiger partial charge in [0.15, 0.2) is 0 Å². The van der Waals surface area contributed by atoms with E-state index in [2.05, 4.69) is 5.32 Å². The Morgan fingerprint density at radius 1 is 0.967 bits per heavy atom. The van der Waals surface area contributed by atoms with Gasteiger partial charge in [-0.1, -0.05) is 12.1 Å². The van der Waals surface area contributed by atoms with Crippen molar-refractivity contribution in [2.45, 2.75) is 25.7 Å². The van der Waals surface area contributed by atoms with Gasteiger partial charge in [-0.2, -0.15) is 26.3 Å². The van der Waals surface area contributed by atoms with Gasteiger partial charge in [0.25, 0.3) is 5.69 Å². The molecule has 0 fully saturated rings. The number of amides is 1. The van der Waals surface area contributed by atoms with Gasteiger partial charge in [0.1, 0.15) is 0 Å². The minimum absolute atomic E-state index is 0.0559. The van der Waals surface area contributed by atoms with Crippen LogP contribution in [0.3, 0.4) is 0 Å². The van der Waals surface area contributed by atoms with Crippen LogP contribution in [0.2, 0.25) is 0 Å². The summed E-state index contributed by atoms with van der Waals surface area (Å²) in [6.07, 6.45) is 0. The number of hydrogen-bond acceptors (Lipinski definition) is 6. The molecule has 2 aromatic carbocycles. The third kappa shape index (κ3) is 7.99. The van der Waals surface area contributed by atoms with E-state index in [-0.39, 0.29) is 20.4 Å². The van der Waals surface area contributed by atoms with E-state index in [1.807, 2.05) is 0 Å². The number of nitro benzene ring substituents is 1. The zero-order valence-corrected chi connectivity index (χ0v) is 16.9. The second-order valence-corrected chi connectivity index (χ2v) is 8.58. The van der Waals surface area contributed by atoms with Crippen molar-refractivity contribution in [3.05, 3.63) is 52.6 Å². The summed E-state index contributed by atoms with van der Waals surface area (Å²) in [5, 5.41) is 13.4. The molecule has 0 aromatic heterocycles. The summed E-state index contributed by atoms with van der Waals surface area (Å²) in [5.74, 6) is -1.14. The molecule has 0 radical (unpaired) electrons. The molecule has 2 aromatic rings. The van der Waals surface area contributed by atoms with Gasteiger partial charge in [0, 0.05) is 15.9 Å². The van der Waals surface area contributed by atoms with E-state index in [1.54, 1.807) is 0 Å². The fraction of sp³-hybridized carbons (Fsp3) is 0.188. The Labute approximate surface area is 178 Å². The first kappa shape index (κ1) is 24.2. The van der Waals surface area contributed by atoms with Crippen LogP contribution in [0, 0.1) is 10.1 Å². The van der Waals surface area contributed by atoms with Crippen molar-refractivity contribution in [3.63, 3.8) is 0 Å². The molecule has 5 nitrogen and oxygen atoms in total. The molecular formula is C16H10F6N2O3S3. The van der Waals surface area contributed by atoms with Crippen LogP contribution in [0.15, 0.2) is 57.2 Å². The van der Waals surface area contributed by atoms with Gasteiger partial charge in [-0.05, 0) is 47.8 Å². The minimum atomic E-state index is -4.62. The van der Waals surface area contributed by atoms with Crippen molar-refractivity contribution >= 4 is 52.6 Å². The van der Waals surface area contributed by atoms with Crippen LogP contribution in [0.5, 0.6) is 0 Å². The first-order chi connectivity index (χ1) is 13.8. The number of nitro groups is 1. The molecule has 1 N–H and O–H groups in total. The van der Waals surface area contributed by atoms with E-state index < -0.39 is 56.8 Å². The number of carbonyl (C=O) groups excluding carboxylic acids is 1. The van der Waals surface area contributed by atoms with Crippen LogP contribution in [0.4, 0.5) is 37.7 Å². The van der Waals surface area contributed by atoms with Gasteiger partial charge in [0.05, 0.1) is 21.3 Å². The van der Waals surface area contributed by atoms with Crippen molar-refractivity contribution in [2.75, 3.05) is 11.1 Å². The van der Waals surface area contributed by atoms with Crippen molar-refractivity contribution in [2.24, 2.45) is 0 Å². The Morgan fingerprint density at radius 3 is 2.20 bits per heavy atom. The molecule has 14 heteroatoms. The largest absolute Gasteiger partial charge is 0.446 e. The lowest BCUT2D eigenvalue weighted by molar-refractivity contribution is -0.387. The Kier molecular flexibility index (Phi) is 7.93. The number of rotatable bonds is 7. The maximum Gasteiger partial charge on any atom is 0.446 e. The number of nitrogens with zero attached hydrogens (tertiary/aromatic N) is 1. The van der Waals surface area contributed by atoms with Gasteiger partial charge >= 0.3 is 11.0 Å². The molecule has 1 amide bonds. The summed E-state index contributed by atoms with van der Waals surface area (Å²) in [6.45, 7) is 0. The first-order valence-electron chi connectivity index (χ1n) is 7.66. The minimum Gasteiger partial charge on any atom is -0.324 e. The van der Waals surface area contributed by atoms with Gasteiger partial charge in [-0.15, -0.1) is 11.8 Å². The number of halogens is 6. The molecule has 30 heavy (non-hydrogen) atoms. The molecule has 0 spiro atoms. The third-order valence-electron chi connectivity index (χ3n) is 3.11. The predicted molar refractivity (Wildman–Crippen MR) is 103 cm³/mol. The quantitative estimate of drug-likeness (QED) is 0.206. The van der Waals surface area contributed by atoms with Gasteiger partial charge in [-0.25, -0.2) is 0 Å². The van der Waals surface area contributed by atoms with Crippen LogP contribution in [-0.4, -0.2) is 27.6 Å². The fourth-order valence-electron chi connectivity index (χ4n) is 2.07. The van der Waals surface area contributed by atoms with E-state index in [4.69, 9.17) is 0 Å². The zero-order valence-electron chi connectivity index (χ0n) is 14.4. The number of hydrogen-bond donors (Lipinski definition) is 1. The Balaban J connectivity index is 2.09. The second kappa shape index (κ2) is 9.83. The fourth-order valence-corrected chi connectivity index (χ4v) is 4.08. The van der Waals surface area contributed by atoms with Crippen LogP contribution in [0.1, 0.15) is 0 Å². The van der Waals surface area contributed by atoms with E-state index in [0.717, 1.165) is 18.2 Å². The predicted octanol–water partition coefficient (Wildman–Crippen LogP) is 6.55. The monoisotopic (exact) mass is 488 g/mol. The van der Waals surface area contributed by atoms with Crippen LogP contribution < -0.4 is 5.32 Å². The zero-order chi connectivity index (χ0) is 22.5. The molecular weight excluding hydrogens is 478 g/mol. The molecule has 0 bridgehead atoms. The maximum absolute atomic E-state index is 12.6. The Hall–Kier alpha value is -2.06. The average molecular weight is 488 g/mol. The molecule has 162 valence electrons. The molecule has 0 aliphatic carbocycles. The van der Waals surface area contributed by atoms with Crippen LogP contribution in [0.25, 0.3) is 0 Å². The summed E-state index contributed by atoms with van der Waals surface area (Å²) in [6, 6.07) is 8.07. The number of alkyl halides is 6. The summed E-state index contributed by atoms with van der Waals surface area (Å²) >= 11 is -0.248. The number of benzene rings is 2. The lowest BCUT2D eigenvalue weighted by atomic mass is 10.3. The number of para-hydroxylation sites is 1. The summed E-state index contributed by atoms with van der Waals surface area (Å²) < 4.78 is 75.1. The average Bonchev–Trinajstić information content (AvgIpc) is 2.59. The van der Waals surface area contributed by atoms with Crippen molar-refractivity contribution in [1.82, 2.24) is 0 Å². The number of nitrogens with one attached hydrogen (secondary N) is 1. The first-order valence-corrected chi connectivity index (χ1v) is 10.3. The maximum atomic E-state index is 12.6. The SMILES string of the molecule is O=C(CSc1ccc(SC(F)(F)F)cc1[N+](=O)[O-])Nc1ccccc1SC(F)(F)F. The normalized spacial score (nSPS) is 11.9. The summed E-state index contributed by atoms with van der Waals surface area (Å²) in [7, 11) is 0. The molecule has 0 aliphatic heterocycles. The van der Waals surface area contributed by atoms with E-state index in [9.17, 15) is 41.3 Å². The molecule has 2 rings (SSSR count). The number of carbonyl (C=O) groups is 1. The molecule has 0 heterocycles. The van der Waals surface area contributed by atoms with E-state index >= 15 is 0 Å². The Bertz CT molecular complexity index is 937. The highest BCUT2D eigenvalue weighted by Crippen LogP contribution is 2.41. The molecule has 0 atom stereocenters. The van der Waals surface area contributed by atoms with Crippen molar-refractivity contribution < 1.29 is 36.1 Å². The third-order valence-corrected chi connectivity index (χ3v) is 5.70. The number of anilines is 1. The highest BCUT2D eigenvalue weighted by Gasteiger charge is 2.31. The van der Waals surface area contributed by atoms with Crippen LogP contribution in [-0.2, 0) is 4.79 Å². The standard InChI is InChI=1S/C16H10F6N2O3S3/c17-15(18,19)29-9-5-6-13(11(7-9)24(26)27)28-8-14(25)23-10-3-1-2-4-12(10)30-16(20,21)22/h1-7H,8H2,(H,23,25). The highest BCUT2D eigenvalue weighted by atomic mass is 32.2. The van der Waals surface area contributed by atoms with Crippen molar-refractivity contribution in [1.29, 1.82) is 0 Å². The summed E-state index contributed by atoms with van der Waals surface area (Å²) in [4.78, 5) is 21.7. The summed E-state index contributed by atoms with van der Waals surface area (Å²) in [5.41, 5.74) is -9.89. The van der Waals surface area contributed by atoms with Crippen LogP contribution >= 0.6 is 35.3 Å².